The number of rotatable bonds is 6. The molecule has 25 heavy (non-hydrogen) atoms. The highest BCUT2D eigenvalue weighted by molar-refractivity contribution is 6.31. The molecule has 0 fully saturated rings. The van der Waals surface area contributed by atoms with Crippen molar-refractivity contribution in [2.45, 2.75) is 13.3 Å². The number of methoxy groups -OCH3 is 1. The number of aromatic nitrogens is 3. The van der Waals surface area contributed by atoms with Crippen LogP contribution in [0.2, 0.25) is 5.02 Å². The molecule has 7 heteroatoms. The number of hydrogen-bond donors (Lipinski definition) is 2. The molecule has 0 bridgehead atoms. The number of benzene rings is 2. The zero-order chi connectivity index (χ0) is 17.6. The third kappa shape index (κ3) is 4.16. The maximum Gasteiger partial charge on any atom is 0.249 e. The molecule has 3 rings (SSSR count). The standard InChI is InChI=1S/C18H18ClN5O/c1-3-12-6-4-5-7-14(12)21-17-11-20-24-18(23-17)22-15-10-13(19)8-9-16(15)25-2/h4-11H,3H2,1-2H3,(H2,21,22,23,24). The number of ether oxygens (including phenoxy) is 1. The van der Waals surface area contributed by atoms with E-state index in [-0.39, 0.29) is 0 Å². The minimum Gasteiger partial charge on any atom is -0.495 e. The van der Waals surface area contributed by atoms with Gasteiger partial charge < -0.3 is 15.4 Å². The van der Waals surface area contributed by atoms with Crippen LogP contribution in [0.15, 0.2) is 48.7 Å². The fraction of sp³-hybridized carbons (Fsp3) is 0.167. The normalized spacial score (nSPS) is 10.4. The molecule has 0 saturated heterocycles. The lowest BCUT2D eigenvalue weighted by molar-refractivity contribution is 0.417. The summed E-state index contributed by atoms with van der Waals surface area (Å²) in [6.45, 7) is 2.11. The predicted molar refractivity (Wildman–Crippen MR) is 100 cm³/mol. The van der Waals surface area contributed by atoms with E-state index in [1.54, 1.807) is 31.5 Å². The molecular formula is C18H18ClN5O. The highest BCUT2D eigenvalue weighted by atomic mass is 35.5. The molecule has 0 aliphatic rings. The molecule has 0 radical (unpaired) electrons. The van der Waals surface area contributed by atoms with Crippen LogP contribution in [0.3, 0.4) is 0 Å². The van der Waals surface area contributed by atoms with E-state index in [4.69, 9.17) is 16.3 Å². The highest BCUT2D eigenvalue weighted by Crippen LogP contribution is 2.29. The summed E-state index contributed by atoms with van der Waals surface area (Å²) in [5.41, 5.74) is 2.87. The maximum absolute atomic E-state index is 6.05. The van der Waals surface area contributed by atoms with Gasteiger partial charge in [-0.15, -0.1) is 5.10 Å². The van der Waals surface area contributed by atoms with Crippen LogP contribution >= 0.6 is 11.6 Å². The number of halogens is 1. The molecule has 2 aromatic carbocycles. The Morgan fingerprint density at radius 1 is 1.08 bits per heavy atom. The van der Waals surface area contributed by atoms with Gasteiger partial charge in [-0.2, -0.15) is 10.1 Å². The molecule has 2 N–H and O–H groups in total. The largest absolute Gasteiger partial charge is 0.495 e. The Labute approximate surface area is 151 Å². The SMILES string of the molecule is CCc1ccccc1Nc1cnnc(Nc2cc(Cl)ccc2OC)n1. The quantitative estimate of drug-likeness (QED) is 0.674. The van der Waals surface area contributed by atoms with Crippen LogP contribution in [-0.4, -0.2) is 22.3 Å². The number of anilines is 4. The van der Waals surface area contributed by atoms with Crippen LogP contribution in [-0.2, 0) is 6.42 Å². The van der Waals surface area contributed by atoms with E-state index in [9.17, 15) is 0 Å². The first-order chi connectivity index (χ1) is 12.2. The molecule has 3 aromatic rings. The molecule has 128 valence electrons. The number of nitrogens with zero attached hydrogens (tertiary/aromatic N) is 3. The van der Waals surface area contributed by atoms with Gasteiger partial charge >= 0.3 is 0 Å². The van der Waals surface area contributed by atoms with Gasteiger partial charge in [0.05, 0.1) is 19.0 Å². The first-order valence-electron chi connectivity index (χ1n) is 7.85. The molecule has 0 aliphatic heterocycles. The third-order valence-corrected chi connectivity index (χ3v) is 3.86. The topological polar surface area (TPSA) is 72.0 Å². The van der Waals surface area contributed by atoms with Gasteiger partial charge in [0.2, 0.25) is 5.95 Å². The molecule has 0 atom stereocenters. The van der Waals surface area contributed by atoms with Crippen LogP contribution < -0.4 is 15.4 Å². The number of nitrogens with one attached hydrogen (secondary N) is 2. The lowest BCUT2D eigenvalue weighted by Gasteiger charge is -2.12. The van der Waals surface area contributed by atoms with Crippen LogP contribution in [0.25, 0.3) is 0 Å². The summed E-state index contributed by atoms with van der Waals surface area (Å²) in [5.74, 6) is 1.58. The van der Waals surface area contributed by atoms with Crippen molar-refractivity contribution in [3.63, 3.8) is 0 Å². The minimum atomic E-state index is 0.347. The van der Waals surface area contributed by atoms with Crippen LogP contribution in [0.1, 0.15) is 12.5 Å². The summed E-state index contributed by atoms with van der Waals surface area (Å²) in [6, 6.07) is 13.4. The average Bonchev–Trinajstić information content (AvgIpc) is 2.63. The maximum atomic E-state index is 6.05. The summed E-state index contributed by atoms with van der Waals surface area (Å²) in [5, 5.41) is 15.0. The van der Waals surface area contributed by atoms with E-state index in [0.717, 1.165) is 12.1 Å². The van der Waals surface area contributed by atoms with E-state index in [0.29, 0.717) is 28.2 Å². The van der Waals surface area contributed by atoms with E-state index in [1.807, 2.05) is 18.2 Å². The van der Waals surface area contributed by atoms with Crippen molar-refractivity contribution in [2.24, 2.45) is 0 Å². The summed E-state index contributed by atoms with van der Waals surface area (Å²) in [4.78, 5) is 4.45. The van der Waals surface area contributed by atoms with Crippen molar-refractivity contribution in [1.29, 1.82) is 0 Å². The fourth-order valence-electron chi connectivity index (χ4n) is 2.40. The van der Waals surface area contributed by atoms with Crippen LogP contribution in [0.4, 0.5) is 23.1 Å². The van der Waals surface area contributed by atoms with Crippen molar-refractivity contribution in [1.82, 2.24) is 15.2 Å². The molecule has 0 spiro atoms. The van der Waals surface area contributed by atoms with Crippen LogP contribution in [0.5, 0.6) is 5.75 Å². The lowest BCUT2D eigenvalue weighted by atomic mass is 10.1. The Morgan fingerprint density at radius 3 is 2.72 bits per heavy atom. The summed E-state index contributed by atoms with van der Waals surface area (Å²) in [6.07, 6.45) is 2.50. The molecule has 0 unspecified atom stereocenters. The summed E-state index contributed by atoms with van der Waals surface area (Å²) in [7, 11) is 1.59. The summed E-state index contributed by atoms with van der Waals surface area (Å²) < 4.78 is 5.32. The second kappa shape index (κ2) is 7.81. The Kier molecular flexibility index (Phi) is 5.30. The Balaban J connectivity index is 1.84. The fourth-order valence-corrected chi connectivity index (χ4v) is 2.58. The van der Waals surface area contributed by atoms with Gasteiger partial charge in [0, 0.05) is 10.7 Å². The highest BCUT2D eigenvalue weighted by Gasteiger charge is 2.08. The number of hydrogen-bond acceptors (Lipinski definition) is 6. The second-order valence-electron chi connectivity index (χ2n) is 5.27. The average molecular weight is 356 g/mol. The van der Waals surface area contributed by atoms with E-state index in [1.165, 1.54) is 5.56 Å². The van der Waals surface area contributed by atoms with E-state index < -0.39 is 0 Å². The van der Waals surface area contributed by atoms with Crippen molar-refractivity contribution >= 4 is 34.7 Å². The van der Waals surface area contributed by atoms with Gasteiger partial charge in [-0.3, -0.25) is 0 Å². The molecule has 1 heterocycles. The molecule has 0 amide bonds. The molecule has 6 nitrogen and oxygen atoms in total. The van der Waals surface area contributed by atoms with Crippen molar-refractivity contribution in [3.8, 4) is 5.75 Å². The number of aryl methyl sites for hydroxylation is 1. The zero-order valence-corrected chi connectivity index (χ0v) is 14.7. The monoisotopic (exact) mass is 355 g/mol. The molecule has 0 saturated carbocycles. The molecule has 1 aromatic heterocycles. The van der Waals surface area contributed by atoms with Crippen molar-refractivity contribution in [3.05, 3.63) is 59.2 Å². The zero-order valence-electron chi connectivity index (χ0n) is 14.0. The van der Waals surface area contributed by atoms with Gasteiger partial charge in [-0.25, -0.2) is 0 Å². The van der Waals surface area contributed by atoms with Crippen molar-refractivity contribution in [2.75, 3.05) is 17.7 Å². The predicted octanol–water partition coefficient (Wildman–Crippen LogP) is 4.58. The minimum absolute atomic E-state index is 0.347. The third-order valence-electron chi connectivity index (χ3n) is 3.63. The van der Waals surface area contributed by atoms with Gasteiger partial charge in [-0.1, -0.05) is 36.7 Å². The van der Waals surface area contributed by atoms with Gasteiger partial charge in [-0.05, 0) is 36.2 Å². The molecular weight excluding hydrogens is 338 g/mol. The van der Waals surface area contributed by atoms with Crippen molar-refractivity contribution < 1.29 is 4.74 Å². The van der Waals surface area contributed by atoms with Crippen LogP contribution in [0, 0.1) is 0 Å². The Hall–Kier alpha value is -2.86. The molecule has 0 aliphatic carbocycles. The Morgan fingerprint density at radius 2 is 1.92 bits per heavy atom. The van der Waals surface area contributed by atoms with Gasteiger partial charge in [0.15, 0.2) is 5.82 Å². The Bertz CT molecular complexity index is 872. The van der Waals surface area contributed by atoms with Gasteiger partial charge in [0.1, 0.15) is 5.75 Å². The lowest BCUT2D eigenvalue weighted by Crippen LogP contribution is -2.04. The summed E-state index contributed by atoms with van der Waals surface area (Å²) >= 11 is 6.05. The number of para-hydroxylation sites is 1. The first-order valence-corrected chi connectivity index (χ1v) is 8.22. The second-order valence-corrected chi connectivity index (χ2v) is 5.71. The van der Waals surface area contributed by atoms with E-state index in [2.05, 4.69) is 38.8 Å². The van der Waals surface area contributed by atoms with E-state index >= 15 is 0 Å². The first kappa shape index (κ1) is 17.0. The smallest absolute Gasteiger partial charge is 0.249 e. The van der Waals surface area contributed by atoms with Gasteiger partial charge in [0.25, 0.3) is 0 Å².